The largest absolute Gasteiger partial charge is 0.439 e. The van der Waals surface area contributed by atoms with E-state index in [1.807, 2.05) is 5.38 Å². The third-order valence-electron chi connectivity index (χ3n) is 4.40. The van der Waals surface area contributed by atoms with Crippen LogP contribution >= 0.6 is 11.3 Å². The number of likely N-dealkylation sites (tertiary alicyclic amines) is 1. The number of carbonyl (C=O) groups is 3. The Bertz CT molecular complexity index is 658. The van der Waals surface area contributed by atoms with Gasteiger partial charge in [0.2, 0.25) is 5.91 Å². The maximum atomic E-state index is 12.9. The van der Waals surface area contributed by atoms with E-state index >= 15 is 0 Å². The minimum absolute atomic E-state index is 0.172. The van der Waals surface area contributed by atoms with Gasteiger partial charge < -0.3 is 20.3 Å². The number of hydrogen-bond acceptors (Lipinski definition) is 5. The zero-order chi connectivity index (χ0) is 17.4. The highest BCUT2D eigenvalue weighted by Gasteiger charge is 2.46. The van der Waals surface area contributed by atoms with Crippen molar-refractivity contribution in [2.75, 3.05) is 19.6 Å². The Balaban J connectivity index is 1.68. The molecule has 7 nitrogen and oxygen atoms in total. The first-order chi connectivity index (χ1) is 11.3. The van der Waals surface area contributed by atoms with Crippen molar-refractivity contribution in [3.8, 4) is 0 Å². The summed E-state index contributed by atoms with van der Waals surface area (Å²) < 4.78 is 5.39. The number of rotatable bonds is 3. The molecular formula is C16H21N3O4S. The van der Waals surface area contributed by atoms with Gasteiger partial charge in [-0.15, -0.1) is 11.3 Å². The molecule has 3 heterocycles. The molecule has 2 aliphatic rings. The molecular weight excluding hydrogens is 330 g/mol. The lowest BCUT2D eigenvalue weighted by Gasteiger charge is -2.41. The predicted octanol–water partition coefficient (Wildman–Crippen LogP) is 1.36. The van der Waals surface area contributed by atoms with Gasteiger partial charge in [-0.1, -0.05) is 6.07 Å². The Morgan fingerprint density at radius 3 is 2.88 bits per heavy atom. The highest BCUT2D eigenvalue weighted by atomic mass is 32.1. The fourth-order valence-corrected chi connectivity index (χ4v) is 3.82. The standard InChI is InChI=1S/C16H21N3O4S/c1-15(2,18-12(20)11-5-3-8-24-11)13(21)19-7-4-6-16(10-19)9-17-14(22)23-16/h3,5,8H,4,6-7,9-10H2,1-2H3,(H,17,22)(H,18,20)/t16-/m0/s1. The minimum atomic E-state index is -1.03. The highest BCUT2D eigenvalue weighted by molar-refractivity contribution is 7.12. The van der Waals surface area contributed by atoms with Crippen molar-refractivity contribution in [2.45, 2.75) is 37.8 Å². The fourth-order valence-electron chi connectivity index (χ4n) is 3.20. The fraction of sp³-hybridized carbons (Fsp3) is 0.562. The Kier molecular flexibility index (Phi) is 4.25. The van der Waals surface area contributed by atoms with E-state index in [0.717, 1.165) is 12.8 Å². The maximum Gasteiger partial charge on any atom is 0.407 e. The van der Waals surface area contributed by atoms with Gasteiger partial charge >= 0.3 is 6.09 Å². The minimum Gasteiger partial charge on any atom is -0.439 e. The van der Waals surface area contributed by atoms with Crippen LogP contribution in [0, 0.1) is 0 Å². The van der Waals surface area contributed by atoms with Crippen LogP contribution in [-0.4, -0.2) is 53.6 Å². The molecule has 1 atom stereocenters. The van der Waals surface area contributed by atoms with Gasteiger partial charge in [-0.25, -0.2) is 4.79 Å². The molecule has 130 valence electrons. The molecule has 1 aromatic heterocycles. The van der Waals surface area contributed by atoms with Gasteiger partial charge in [0.25, 0.3) is 5.91 Å². The second kappa shape index (κ2) is 6.08. The van der Waals surface area contributed by atoms with Gasteiger partial charge in [-0.05, 0) is 38.1 Å². The smallest absolute Gasteiger partial charge is 0.407 e. The molecule has 0 aliphatic carbocycles. The van der Waals surface area contributed by atoms with Crippen LogP contribution in [0.1, 0.15) is 36.4 Å². The van der Waals surface area contributed by atoms with E-state index in [2.05, 4.69) is 10.6 Å². The van der Waals surface area contributed by atoms with E-state index in [9.17, 15) is 14.4 Å². The number of ether oxygens (including phenoxy) is 1. The monoisotopic (exact) mass is 351 g/mol. The molecule has 2 saturated heterocycles. The van der Waals surface area contributed by atoms with Crippen molar-refractivity contribution in [1.29, 1.82) is 0 Å². The second-order valence-electron chi connectivity index (χ2n) is 6.81. The Labute approximate surface area is 144 Å². The average Bonchev–Trinajstić information content (AvgIpc) is 3.17. The van der Waals surface area contributed by atoms with Crippen molar-refractivity contribution in [3.63, 3.8) is 0 Å². The second-order valence-corrected chi connectivity index (χ2v) is 7.76. The SMILES string of the molecule is CC(C)(NC(=O)c1cccs1)C(=O)N1CCC[C@]2(CNC(=O)O2)C1. The summed E-state index contributed by atoms with van der Waals surface area (Å²) >= 11 is 1.33. The van der Waals surface area contributed by atoms with E-state index in [0.29, 0.717) is 24.5 Å². The molecule has 1 aromatic rings. The zero-order valence-electron chi connectivity index (χ0n) is 13.8. The molecule has 2 fully saturated rings. The van der Waals surface area contributed by atoms with Gasteiger partial charge in [-0.3, -0.25) is 9.59 Å². The van der Waals surface area contributed by atoms with Gasteiger partial charge in [0.15, 0.2) is 0 Å². The average molecular weight is 351 g/mol. The Morgan fingerprint density at radius 2 is 2.25 bits per heavy atom. The third-order valence-corrected chi connectivity index (χ3v) is 5.27. The molecule has 0 aromatic carbocycles. The van der Waals surface area contributed by atoms with E-state index in [1.165, 1.54) is 11.3 Å². The molecule has 2 aliphatic heterocycles. The third kappa shape index (κ3) is 3.24. The lowest BCUT2D eigenvalue weighted by molar-refractivity contribution is -0.142. The van der Waals surface area contributed by atoms with Crippen LogP contribution in [0.2, 0.25) is 0 Å². The molecule has 3 rings (SSSR count). The summed E-state index contributed by atoms with van der Waals surface area (Å²) in [6.07, 6.45) is 1.06. The van der Waals surface area contributed by atoms with Crippen LogP contribution < -0.4 is 10.6 Å². The number of carbonyl (C=O) groups excluding carboxylic acids is 3. The summed E-state index contributed by atoms with van der Waals surface area (Å²) in [5, 5.41) is 7.28. The summed E-state index contributed by atoms with van der Waals surface area (Å²) in [6.45, 7) is 4.75. The molecule has 2 N–H and O–H groups in total. The van der Waals surface area contributed by atoms with Crippen molar-refractivity contribution >= 4 is 29.2 Å². The van der Waals surface area contributed by atoms with E-state index < -0.39 is 17.2 Å². The topological polar surface area (TPSA) is 87.7 Å². The highest BCUT2D eigenvalue weighted by Crippen LogP contribution is 2.29. The first-order valence-corrected chi connectivity index (χ1v) is 8.82. The van der Waals surface area contributed by atoms with Crippen molar-refractivity contribution in [2.24, 2.45) is 0 Å². The van der Waals surface area contributed by atoms with Gasteiger partial charge in [0, 0.05) is 6.54 Å². The van der Waals surface area contributed by atoms with Crippen molar-refractivity contribution in [1.82, 2.24) is 15.5 Å². The lowest BCUT2D eigenvalue weighted by Crippen LogP contribution is -2.61. The van der Waals surface area contributed by atoms with E-state index in [1.54, 1.807) is 30.9 Å². The summed E-state index contributed by atoms with van der Waals surface area (Å²) in [4.78, 5) is 38.8. The Morgan fingerprint density at radius 1 is 1.46 bits per heavy atom. The van der Waals surface area contributed by atoms with E-state index in [4.69, 9.17) is 4.74 Å². The van der Waals surface area contributed by atoms with Crippen LogP contribution in [0.4, 0.5) is 4.79 Å². The van der Waals surface area contributed by atoms with Gasteiger partial charge in [0.1, 0.15) is 11.1 Å². The van der Waals surface area contributed by atoms with Crippen molar-refractivity contribution < 1.29 is 19.1 Å². The van der Waals surface area contributed by atoms with Crippen LogP contribution in [0.15, 0.2) is 17.5 Å². The summed E-state index contributed by atoms with van der Waals surface area (Å²) in [5.41, 5.74) is -1.67. The summed E-state index contributed by atoms with van der Waals surface area (Å²) in [7, 11) is 0. The number of thiophene rings is 1. The lowest BCUT2D eigenvalue weighted by atomic mass is 9.91. The molecule has 0 radical (unpaired) electrons. The van der Waals surface area contributed by atoms with Crippen LogP contribution in [0.3, 0.4) is 0 Å². The van der Waals surface area contributed by atoms with Crippen LogP contribution in [-0.2, 0) is 9.53 Å². The van der Waals surface area contributed by atoms with Crippen LogP contribution in [0.25, 0.3) is 0 Å². The summed E-state index contributed by atoms with van der Waals surface area (Å²) in [5.74, 6) is -0.432. The van der Waals surface area contributed by atoms with Gasteiger partial charge in [-0.2, -0.15) is 0 Å². The molecule has 0 saturated carbocycles. The van der Waals surface area contributed by atoms with Crippen molar-refractivity contribution in [3.05, 3.63) is 22.4 Å². The first-order valence-electron chi connectivity index (χ1n) is 7.94. The zero-order valence-corrected chi connectivity index (χ0v) is 14.6. The maximum absolute atomic E-state index is 12.9. The van der Waals surface area contributed by atoms with E-state index in [-0.39, 0.29) is 11.8 Å². The number of hydrogen-bond donors (Lipinski definition) is 2. The molecule has 24 heavy (non-hydrogen) atoms. The number of nitrogens with zero attached hydrogens (tertiary/aromatic N) is 1. The molecule has 8 heteroatoms. The number of alkyl carbamates (subject to hydrolysis) is 1. The molecule has 1 spiro atoms. The molecule has 0 unspecified atom stereocenters. The van der Waals surface area contributed by atoms with Gasteiger partial charge in [0.05, 0.1) is 18.0 Å². The number of piperidine rings is 1. The first kappa shape index (κ1) is 16.8. The van der Waals surface area contributed by atoms with Crippen LogP contribution in [0.5, 0.6) is 0 Å². The molecule has 0 bridgehead atoms. The Hall–Kier alpha value is -2.09. The number of amides is 3. The number of nitrogens with one attached hydrogen (secondary N) is 2. The molecule has 3 amide bonds. The quantitative estimate of drug-likeness (QED) is 0.861. The normalized spacial score (nSPS) is 23.8. The predicted molar refractivity (Wildman–Crippen MR) is 88.9 cm³/mol. The summed E-state index contributed by atoms with van der Waals surface area (Å²) in [6, 6.07) is 3.52.